The van der Waals surface area contributed by atoms with E-state index in [1.807, 2.05) is 19.1 Å². The van der Waals surface area contributed by atoms with Crippen LogP contribution in [0, 0.1) is 5.92 Å². The lowest BCUT2D eigenvalue weighted by Crippen LogP contribution is -2.49. The molecule has 3 atom stereocenters. The Balaban J connectivity index is 2.29. The molecule has 0 aliphatic heterocycles. The summed E-state index contributed by atoms with van der Waals surface area (Å²) in [6.07, 6.45) is 4.96. The largest absolute Gasteiger partial charge is 0.382 e. The van der Waals surface area contributed by atoms with Crippen LogP contribution in [-0.2, 0) is 14.3 Å². The third kappa shape index (κ3) is 6.87. The minimum Gasteiger partial charge on any atom is -0.382 e. The summed E-state index contributed by atoms with van der Waals surface area (Å²) >= 11 is 12.3. The first-order valence-electron chi connectivity index (χ1n) is 10.5. The van der Waals surface area contributed by atoms with Crippen LogP contribution in [0.25, 0.3) is 0 Å². The number of halogens is 2. The number of nitrogens with zero attached hydrogens (tertiary/aromatic N) is 1. The minimum absolute atomic E-state index is 0.109. The van der Waals surface area contributed by atoms with Gasteiger partial charge in [-0.15, -0.1) is 11.6 Å². The summed E-state index contributed by atoms with van der Waals surface area (Å²) in [6.45, 7) is 5.58. The van der Waals surface area contributed by atoms with Crippen LogP contribution >= 0.6 is 23.2 Å². The Hall–Kier alpha value is -1.30. The SMILES string of the molecule is CCOCCCN(C(=O)CCl)[C@H](C(=O)N[C@@H]1CCCC[C@@H]1C)c1ccccc1Cl. The van der Waals surface area contributed by atoms with Crippen LogP contribution in [-0.4, -0.2) is 48.4 Å². The summed E-state index contributed by atoms with van der Waals surface area (Å²) in [6, 6.07) is 6.47. The van der Waals surface area contributed by atoms with Gasteiger partial charge in [-0.05, 0) is 38.2 Å². The molecule has 1 fully saturated rings. The fraction of sp³-hybridized carbons (Fsp3) is 0.636. The van der Waals surface area contributed by atoms with Gasteiger partial charge in [0.05, 0.1) is 0 Å². The van der Waals surface area contributed by atoms with Crippen molar-refractivity contribution in [3.05, 3.63) is 34.9 Å². The van der Waals surface area contributed by atoms with Crippen LogP contribution in [0.4, 0.5) is 0 Å². The van der Waals surface area contributed by atoms with E-state index in [2.05, 4.69) is 12.2 Å². The van der Waals surface area contributed by atoms with Gasteiger partial charge in [-0.3, -0.25) is 9.59 Å². The molecular weight excluding hydrogens is 411 g/mol. The van der Waals surface area contributed by atoms with Crippen molar-refractivity contribution in [2.75, 3.05) is 25.6 Å². The van der Waals surface area contributed by atoms with E-state index >= 15 is 0 Å². The standard InChI is InChI=1S/C22H32Cl2N2O3/c1-3-29-14-8-13-26(20(27)15-23)21(17-10-5-6-11-18(17)24)22(28)25-19-12-7-4-9-16(19)2/h5-6,10-11,16,19,21H,3-4,7-9,12-15H2,1-2H3,(H,25,28)/t16-,19+,21-/m0/s1. The van der Waals surface area contributed by atoms with Gasteiger partial charge in [-0.25, -0.2) is 0 Å². The Kier molecular flexibility index (Phi) is 10.3. The maximum Gasteiger partial charge on any atom is 0.247 e. The second-order valence-corrected chi connectivity index (χ2v) is 8.25. The molecule has 1 saturated carbocycles. The van der Waals surface area contributed by atoms with Crippen molar-refractivity contribution in [2.24, 2.45) is 5.92 Å². The zero-order chi connectivity index (χ0) is 21.2. The van der Waals surface area contributed by atoms with E-state index in [0.29, 0.717) is 42.7 Å². The predicted molar refractivity (Wildman–Crippen MR) is 117 cm³/mol. The minimum atomic E-state index is -0.814. The van der Waals surface area contributed by atoms with Crippen LogP contribution in [0.2, 0.25) is 5.02 Å². The molecule has 0 saturated heterocycles. The van der Waals surface area contributed by atoms with Crippen molar-refractivity contribution < 1.29 is 14.3 Å². The summed E-state index contributed by atoms with van der Waals surface area (Å²) in [4.78, 5) is 27.7. The number of benzene rings is 1. The fourth-order valence-electron chi connectivity index (χ4n) is 3.90. The van der Waals surface area contributed by atoms with E-state index in [1.54, 1.807) is 12.1 Å². The van der Waals surface area contributed by atoms with E-state index in [-0.39, 0.29) is 23.7 Å². The number of nitrogens with one attached hydrogen (secondary N) is 1. The molecule has 0 spiro atoms. The average molecular weight is 443 g/mol. The predicted octanol–water partition coefficient (Wildman–Crippen LogP) is 4.57. The Labute approximate surface area is 184 Å². The number of carbonyl (C=O) groups is 2. The highest BCUT2D eigenvalue weighted by Crippen LogP contribution is 2.30. The lowest BCUT2D eigenvalue weighted by molar-refractivity contribution is -0.140. The van der Waals surface area contributed by atoms with Crippen molar-refractivity contribution >= 4 is 35.0 Å². The molecule has 2 amide bonds. The maximum absolute atomic E-state index is 13.4. The molecule has 1 aromatic carbocycles. The molecular formula is C22H32Cl2N2O3. The number of ether oxygens (including phenoxy) is 1. The molecule has 1 aliphatic rings. The van der Waals surface area contributed by atoms with Crippen molar-refractivity contribution in [1.82, 2.24) is 10.2 Å². The molecule has 0 aromatic heterocycles. The van der Waals surface area contributed by atoms with E-state index in [9.17, 15) is 9.59 Å². The summed E-state index contributed by atoms with van der Waals surface area (Å²) in [5.74, 6) is -0.274. The fourth-order valence-corrected chi connectivity index (χ4v) is 4.29. The van der Waals surface area contributed by atoms with Gasteiger partial charge in [0.1, 0.15) is 11.9 Å². The topological polar surface area (TPSA) is 58.6 Å². The molecule has 5 nitrogen and oxygen atoms in total. The summed E-state index contributed by atoms with van der Waals surface area (Å²) in [5, 5.41) is 3.65. The second-order valence-electron chi connectivity index (χ2n) is 7.57. The van der Waals surface area contributed by atoms with E-state index < -0.39 is 6.04 Å². The molecule has 0 heterocycles. The number of amides is 2. The third-order valence-corrected chi connectivity index (χ3v) is 6.10. The maximum atomic E-state index is 13.4. The van der Waals surface area contributed by atoms with Crippen LogP contribution in [0.5, 0.6) is 0 Å². The third-order valence-electron chi connectivity index (χ3n) is 5.53. The first-order valence-corrected chi connectivity index (χ1v) is 11.4. The Bertz CT molecular complexity index is 671. The lowest BCUT2D eigenvalue weighted by Gasteiger charge is -2.35. The lowest BCUT2D eigenvalue weighted by atomic mass is 9.85. The van der Waals surface area contributed by atoms with Crippen molar-refractivity contribution in [2.45, 2.75) is 58.0 Å². The smallest absolute Gasteiger partial charge is 0.247 e. The molecule has 1 N–H and O–H groups in total. The quantitative estimate of drug-likeness (QED) is 0.426. The molecule has 0 unspecified atom stereocenters. The Morgan fingerprint density at radius 1 is 1.28 bits per heavy atom. The van der Waals surface area contributed by atoms with Gasteiger partial charge in [0.2, 0.25) is 11.8 Å². The van der Waals surface area contributed by atoms with Crippen LogP contribution in [0.15, 0.2) is 24.3 Å². The number of hydrogen-bond acceptors (Lipinski definition) is 3. The molecule has 1 aliphatic carbocycles. The number of hydrogen-bond donors (Lipinski definition) is 1. The molecule has 2 rings (SSSR count). The van der Waals surface area contributed by atoms with Gasteiger partial charge in [-0.2, -0.15) is 0 Å². The van der Waals surface area contributed by atoms with Crippen LogP contribution < -0.4 is 5.32 Å². The second kappa shape index (κ2) is 12.4. The Morgan fingerprint density at radius 2 is 2.00 bits per heavy atom. The summed E-state index contributed by atoms with van der Waals surface area (Å²) in [7, 11) is 0. The Morgan fingerprint density at radius 3 is 2.66 bits per heavy atom. The van der Waals surface area contributed by atoms with E-state index in [4.69, 9.17) is 27.9 Å². The van der Waals surface area contributed by atoms with Gasteiger partial charge in [-0.1, -0.05) is 49.6 Å². The van der Waals surface area contributed by atoms with Crippen molar-refractivity contribution in [3.8, 4) is 0 Å². The molecule has 1 aromatic rings. The van der Waals surface area contributed by atoms with E-state index in [0.717, 1.165) is 19.3 Å². The molecule has 29 heavy (non-hydrogen) atoms. The van der Waals surface area contributed by atoms with Gasteiger partial charge in [0, 0.05) is 36.4 Å². The van der Waals surface area contributed by atoms with Gasteiger partial charge in [0.25, 0.3) is 0 Å². The summed E-state index contributed by atoms with van der Waals surface area (Å²) in [5.41, 5.74) is 0.616. The molecule has 7 heteroatoms. The summed E-state index contributed by atoms with van der Waals surface area (Å²) < 4.78 is 5.40. The van der Waals surface area contributed by atoms with Gasteiger partial charge in [0.15, 0.2) is 0 Å². The number of carbonyl (C=O) groups excluding carboxylic acids is 2. The highest BCUT2D eigenvalue weighted by Gasteiger charge is 2.34. The van der Waals surface area contributed by atoms with Crippen LogP contribution in [0.1, 0.15) is 57.6 Å². The molecule has 0 bridgehead atoms. The monoisotopic (exact) mass is 442 g/mol. The van der Waals surface area contributed by atoms with Crippen molar-refractivity contribution in [3.63, 3.8) is 0 Å². The molecule has 162 valence electrons. The number of rotatable bonds is 10. The molecule has 0 radical (unpaired) electrons. The highest BCUT2D eigenvalue weighted by molar-refractivity contribution is 6.31. The van der Waals surface area contributed by atoms with Crippen molar-refractivity contribution in [1.29, 1.82) is 0 Å². The van der Waals surface area contributed by atoms with E-state index in [1.165, 1.54) is 11.3 Å². The number of alkyl halides is 1. The van der Waals surface area contributed by atoms with Crippen LogP contribution in [0.3, 0.4) is 0 Å². The average Bonchev–Trinajstić information content (AvgIpc) is 2.72. The normalized spacial score (nSPS) is 20.1. The van der Waals surface area contributed by atoms with Gasteiger partial charge < -0.3 is 15.0 Å². The van der Waals surface area contributed by atoms with Gasteiger partial charge >= 0.3 is 0 Å². The zero-order valence-electron chi connectivity index (χ0n) is 17.3. The first kappa shape index (κ1) is 24.0. The zero-order valence-corrected chi connectivity index (χ0v) is 18.8. The first-order chi connectivity index (χ1) is 14.0. The highest BCUT2D eigenvalue weighted by atomic mass is 35.5.